The highest BCUT2D eigenvalue weighted by atomic mass is 127. The molecule has 0 radical (unpaired) electrons. The summed E-state index contributed by atoms with van der Waals surface area (Å²) in [6.45, 7) is 4.07. The fraction of sp³-hybridized carbons (Fsp3) is 0.500. The van der Waals surface area contributed by atoms with Gasteiger partial charge in [0, 0.05) is 19.6 Å². The van der Waals surface area contributed by atoms with Crippen molar-refractivity contribution in [3.8, 4) is 0 Å². The zero-order valence-corrected chi connectivity index (χ0v) is 19.3. The lowest BCUT2D eigenvalue weighted by atomic mass is 9.85. The predicted molar refractivity (Wildman–Crippen MR) is 124 cm³/mol. The summed E-state index contributed by atoms with van der Waals surface area (Å²) in [5, 5.41) is 6.38. The Morgan fingerprint density at radius 3 is 2.50 bits per heavy atom. The number of benzene rings is 1. The van der Waals surface area contributed by atoms with E-state index in [4.69, 9.17) is 0 Å². The van der Waals surface area contributed by atoms with Crippen molar-refractivity contribution in [2.45, 2.75) is 26.3 Å². The fourth-order valence-corrected chi connectivity index (χ4v) is 4.78. The zero-order valence-electron chi connectivity index (χ0n) is 17.0. The van der Waals surface area contributed by atoms with E-state index in [1.165, 1.54) is 17.0 Å². The van der Waals surface area contributed by atoms with E-state index in [0.29, 0.717) is 38.6 Å². The average Bonchev–Trinajstić information content (AvgIpc) is 3.38. The maximum atomic E-state index is 13.3. The number of imide groups is 1. The molecule has 1 heterocycles. The van der Waals surface area contributed by atoms with Crippen LogP contribution in [0, 0.1) is 29.5 Å². The van der Waals surface area contributed by atoms with Crippen molar-refractivity contribution in [2.75, 3.05) is 19.6 Å². The summed E-state index contributed by atoms with van der Waals surface area (Å²) in [7, 11) is 0. The van der Waals surface area contributed by atoms with E-state index >= 15 is 0 Å². The third-order valence-corrected chi connectivity index (χ3v) is 6.07. The molecule has 30 heavy (non-hydrogen) atoms. The van der Waals surface area contributed by atoms with Crippen molar-refractivity contribution < 1.29 is 14.0 Å². The number of fused-ring (bicyclic) bond motifs is 5. The fourth-order valence-electron chi connectivity index (χ4n) is 4.78. The number of nitrogens with zero attached hydrogens (tertiary/aromatic N) is 2. The molecule has 2 N–H and O–H groups in total. The van der Waals surface area contributed by atoms with Crippen molar-refractivity contribution in [3.05, 3.63) is 47.8 Å². The van der Waals surface area contributed by atoms with Gasteiger partial charge < -0.3 is 10.6 Å². The highest BCUT2D eigenvalue weighted by Crippen LogP contribution is 2.52. The van der Waals surface area contributed by atoms with Gasteiger partial charge in [-0.2, -0.15) is 0 Å². The first-order chi connectivity index (χ1) is 14.1. The summed E-state index contributed by atoms with van der Waals surface area (Å²) >= 11 is 0. The van der Waals surface area contributed by atoms with Crippen LogP contribution in [0.4, 0.5) is 4.39 Å². The molecule has 4 rings (SSSR count). The van der Waals surface area contributed by atoms with Crippen LogP contribution in [0.25, 0.3) is 0 Å². The van der Waals surface area contributed by atoms with Crippen LogP contribution in [-0.4, -0.2) is 42.3 Å². The summed E-state index contributed by atoms with van der Waals surface area (Å²) in [5.41, 5.74) is 0.797. The number of rotatable bonds is 7. The van der Waals surface area contributed by atoms with Crippen LogP contribution in [0.5, 0.6) is 0 Å². The topological polar surface area (TPSA) is 73.8 Å². The number of hydrogen-bond acceptors (Lipinski definition) is 3. The summed E-state index contributed by atoms with van der Waals surface area (Å²) in [6, 6.07) is 6.38. The molecule has 2 amide bonds. The number of carbonyl (C=O) groups is 2. The Kier molecular flexibility index (Phi) is 7.49. The van der Waals surface area contributed by atoms with Crippen molar-refractivity contribution in [2.24, 2.45) is 28.7 Å². The van der Waals surface area contributed by atoms with Gasteiger partial charge in [0.1, 0.15) is 5.82 Å². The maximum Gasteiger partial charge on any atom is 0.233 e. The lowest BCUT2D eigenvalue weighted by Gasteiger charge is -2.18. The highest BCUT2D eigenvalue weighted by molar-refractivity contribution is 14.0. The number of halogens is 2. The minimum Gasteiger partial charge on any atom is -0.357 e. The molecule has 3 aliphatic rings. The Balaban J connectivity index is 0.00000256. The van der Waals surface area contributed by atoms with Crippen molar-refractivity contribution in [1.29, 1.82) is 0 Å². The lowest BCUT2D eigenvalue weighted by Crippen LogP contribution is -2.40. The minimum atomic E-state index is -0.274. The predicted octanol–water partition coefficient (Wildman–Crippen LogP) is 2.70. The standard InChI is InChI=1S/C22H27FN4O2.HI/c1-2-24-22(26-13-14-5-3-6-17(23)11-14)25-9-4-10-27-20(28)18-15-7-8-16(12-15)19(18)21(27)29;/h3,5-8,11,15-16,18-19H,2,4,9-10,12-13H2,1H3,(H2,24,25,26);1H. The van der Waals surface area contributed by atoms with Crippen LogP contribution in [0.15, 0.2) is 41.4 Å². The Labute approximate surface area is 193 Å². The van der Waals surface area contributed by atoms with E-state index in [0.717, 1.165) is 12.0 Å². The minimum absolute atomic E-state index is 0. The first-order valence-electron chi connectivity index (χ1n) is 10.4. The quantitative estimate of drug-likeness (QED) is 0.143. The van der Waals surface area contributed by atoms with Crippen LogP contribution in [-0.2, 0) is 16.1 Å². The van der Waals surface area contributed by atoms with Crippen LogP contribution in [0.2, 0.25) is 0 Å². The monoisotopic (exact) mass is 526 g/mol. The van der Waals surface area contributed by atoms with Crippen LogP contribution in [0.3, 0.4) is 0 Å². The molecule has 1 aliphatic heterocycles. The number of carbonyl (C=O) groups excluding carboxylic acids is 2. The second kappa shape index (κ2) is 9.89. The van der Waals surface area contributed by atoms with Crippen LogP contribution in [0.1, 0.15) is 25.3 Å². The SMILES string of the molecule is CCNC(=NCc1cccc(F)c1)NCCCN1C(=O)C2C3C=CC(C3)C2C1=O.I. The molecule has 0 spiro atoms. The van der Waals surface area contributed by atoms with Crippen LogP contribution < -0.4 is 10.6 Å². The summed E-state index contributed by atoms with van der Waals surface area (Å²) in [4.78, 5) is 31.3. The number of guanidine groups is 1. The third-order valence-electron chi connectivity index (χ3n) is 6.07. The van der Waals surface area contributed by atoms with Gasteiger partial charge in [0.05, 0.1) is 18.4 Å². The number of likely N-dealkylation sites (tertiary alicyclic amines) is 1. The largest absolute Gasteiger partial charge is 0.357 e. The van der Waals surface area contributed by atoms with E-state index in [1.807, 2.05) is 13.0 Å². The van der Waals surface area contributed by atoms with Crippen molar-refractivity contribution in [1.82, 2.24) is 15.5 Å². The second-order valence-corrected chi connectivity index (χ2v) is 7.93. The molecule has 1 aromatic carbocycles. The number of nitrogens with one attached hydrogen (secondary N) is 2. The van der Waals surface area contributed by atoms with E-state index in [9.17, 15) is 14.0 Å². The molecule has 2 fully saturated rings. The summed E-state index contributed by atoms with van der Waals surface area (Å²) in [6.07, 6.45) is 5.83. The first-order valence-corrected chi connectivity index (χ1v) is 10.4. The Hall–Kier alpha value is -1.97. The van der Waals surface area contributed by atoms with Gasteiger partial charge in [0.2, 0.25) is 11.8 Å². The van der Waals surface area contributed by atoms with Gasteiger partial charge in [-0.15, -0.1) is 24.0 Å². The molecular formula is C22H28FIN4O2. The molecule has 2 bridgehead atoms. The Morgan fingerprint density at radius 2 is 1.87 bits per heavy atom. The van der Waals surface area contributed by atoms with Gasteiger partial charge in [0.25, 0.3) is 0 Å². The van der Waals surface area contributed by atoms with Gasteiger partial charge in [-0.05, 0) is 49.3 Å². The van der Waals surface area contributed by atoms with Gasteiger partial charge in [-0.1, -0.05) is 24.3 Å². The second-order valence-electron chi connectivity index (χ2n) is 7.93. The molecule has 1 saturated carbocycles. The third kappa shape index (κ3) is 4.53. The van der Waals surface area contributed by atoms with E-state index in [2.05, 4.69) is 27.8 Å². The first kappa shape index (κ1) is 22.7. The molecule has 4 unspecified atom stereocenters. The number of aliphatic imine (C=N–C) groups is 1. The summed E-state index contributed by atoms with van der Waals surface area (Å²) < 4.78 is 13.3. The molecule has 2 aliphatic carbocycles. The van der Waals surface area contributed by atoms with E-state index < -0.39 is 0 Å². The highest BCUT2D eigenvalue weighted by Gasteiger charge is 2.58. The van der Waals surface area contributed by atoms with Gasteiger partial charge in [0.15, 0.2) is 5.96 Å². The average molecular weight is 526 g/mol. The maximum absolute atomic E-state index is 13.3. The number of allylic oxidation sites excluding steroid dienone is 2. The van der Waals surface area contributed by atoms with E-state index in [-0.39, 0.29) is 65.3 Å². The lowest BCUT2D eigenvalue weighted by molar-refractivity contribution is -0.140. The molecule has 1 aromatic rings. The summed E-state index contributed by atoms with van der Waals surface area (Å²) in [5.74, 6) is 0.608. The normalized spacial score (nSPS) is 26.7. The number of amides is 2. The molecule has 6 nitrogen and oxygen atoms in total. The molecule has 162 valence electrons. The zero-order chi connectivity index (χ0) is 20.4. The van der Waals surface area contributed by atoms with Gasteiger partial charge in [-0.25, -0.2) is 9.38 Å². The Morgan fingerprint density at radius 1 is 1.17 bits per heavy atom. The van der Waals surface area contributed by atoms with Crippen molar-refractivity contribution >= 4 is 41.8 Å². The molecule has 0 aromatic heterocycles. The molecule has 1 saturated heterocycles. The van der Waals surface area contributed by atoms with E-state index in [1.54, 1.807) is 6.07 Å². The van der Waals surface area contributed by atoms with Gasteiger partial charge in [-0.3, -0.25) is 14.5 Å². The number of hydrogen-bond donors (Lipinski definition) is 2. The van der Waals surface area contributed by atoms with Gasteiger partial charge >= 0.3 is 0 Å². The Bertz CT molecular complexity index is 829. The van der Waals surface area contributed by atoms with Crippen LogP contribution >= 0.6 is 24.0 Å². The molecule has 8 heteroatoms. The molecular weight excluding hydrogens is 498 g/mol. The molecule has 4 atom stereocenters. The van der Waals surface area contributed by atoms with Crippen molar-refractivity contribution in [3.63, 3.8) is 0 Å². The smallest absolute Gasteiger partial charge is 0.233 e.